The second kappa shape index (κ2) is 7.91. The molecule has 4 heteroatoms. The van der Waals surface area contributed by atoms with Crippen molar-refractivity contribution in [2.24, 2.45) is 0 Å². The molecule has 3 aromatic carbocycles. The number of rotatable bonds is 5. The van der Waals surface area contributed by atoms with Gasteiger partial charge in [0.25, 0.3) is 0 Å². The van der Waals surface area contributed by atoms with E-state index in [0.717, 1.165) is 44.7 Å². The van der Waals surface area contributed by atoms with Crippen molar-refractivity contribution in [2.75, 3.05) is 0 Å². The molecule has 1 N–H and O–H groups in total. The number of nitrogens with one attached hydrogen (secondary N) is 1. The Labute approximate surface area is 170 Å². The van der Waals surface area contributed by atoms with Gasteiger partial charge in [0.05, 0.1) is 5.69 Å². The van der Waals surface area contributed by atoms with Gasteiger partial charge in [-0.2, -0.15) is 0 Å². The van der Waals surface area contributed by atoms with Crippen LogP contribution in [0, 0.1) is 13.8 Å². The zero-order valence-corrected chi connectivity index (χ0v) is 16.6. The summed E-state index contributed by atoms with van der Waals surface area (Å²) in [6.07, 6.45) is 0. The van der Waals surface area contributed by atoms with Crippen LogP contribution < -0.4 is 4.74 Å². The molecule has 0 saturated heterocycles. The van der Waals surface area contributed by atoms with Gasteiger partial charge in [0, 0.05) is 21.8 Å². The van der Waals surface area contributed by atoms with Crippen LogP contribution in [0.4, 0.5) is 0 Å². The lowest BCUT2D eigenvalue weighted by Gasteiger charge is -2.07. The molecule has 1 aromatic heterocycles. The van der Waals surface area contributed by atoms with Crippen molar-refractivity contribution < 1.29 is 4.74 Å². The van der Waals surface area contributed by atoms with Crippen LogP contribution in [-0.4, -0.2) is 9.97 Å². The molecule has 0 aliphatic rings. The maximum atomic E-state index is 5.99. The Kier molecular flexibility index (Phi) is 5.18. The lowest BCUT2D eigenvalue weighted by molar-refractivity contribution is 0.306. The van der Waals surface area contributed by atoms with E-state index in [2.05, 4.69) is 36.2 Å². The molecule has 140 valence electrons. The summed E-state index contributed by atoms with van der Waals surface area (Å²) in [6.45, 7) is 4.66. The Balaban J connectivity index is 1.48. The van der Waals surface area contributed by atoms with E-state index < -0.39 is 0 Å². The number of H-pyrrole nitrogens is 1. The molecule has 0 spiro atoms. The average Bonchev–Trinajstić information content (AvgIpc) is 3.10. The molecule has 1 heterocycles. The third kappa shape index (κ3) is 4.10. The lowest BCUT2D eigenvalue weighted by atomic mass is 10.1. The van der Waals surface area contributed by atoms with E-state index in [1.165, 1.54) is 5.56 Å². The third-order valence-corrected chi connectivity index (χ3v) is 4.91. The molecule has 0 radical (unpaired) electrons. The van der Waals surface area contributed by atoms with Crippen LogP contribution in [-0.2, 0) is 6.61 Å². The number of benzene rings is 3. The fraction of sp³-hybridized carbons (Fsp3) is 0.125. The summed E-state index contributed by atoms with van der Waals surface area (Å²) in [6, 6.07) is 24.1. The summed E-state index contributed by atoms with van der Waals surface area (Å²) >= 11 is 5.99. The molecular formula is C24H21ClN2O. The molecule has 0 aliphatic heterocycles. The Morgan fingerprint density at radius 1 is 0.821 bits per heavy atom. The van der Waals surface area contributed by atoms with Crippen molar-refractivity contribution in [1.82, 2.24) is 9.97 Å². The summed E-state index contributed by atoms with van der Waals surface area (Å²) in [7, 11) is 0. The molecule has 0 atom stereocenters. The summed E-state index contributed by atoms with van der Waals surface area (Å²) in [5, 5.41) is 0.721. The van der Waals surface area contributed by atoms with Gasteiger partial charge in [0.2, 0.25) is 0 Å². The second-order valence-electron chi connectivity index (χ2n) is 6.86. The minimum atomic E-state index is 0.556. The molecule has 0 unspecified atom stereocenters. The molecule has 0 bridgehead atoms. The minimum Gasteiger partial charge on any atom is -0.489 e. The van der Waals surface area contributed by atoms with Gasteiger partial charge in [-0.3, -0.25) is 0 Å². The van der Waals surface area contributed by atoms with Crippen molar-refractivity contribution in [2.45, 2.75) is 20.5 Å². The Morgan fingerprint density at radius 2 is 1.46 bits per heavy atom. The third-order valence-electron chi connectivity index (χ3n) is 4.66. The van der Waals surface area contributed by atoms with E-state index in [0.29, 0.717) is 6.61 Å². The fourth-order valence-electron chi connectivity index (χ4n) is 3.05. The Hall–Kier alpha value is -3.04. The SMILES string of the molecule is Cc1ccc(COc2ccc(-c3nc(-c4ccc(Cl)cc4)c(C)[nH]3)cc2)cc1. The maximum absolute atomic E-state index is 5.99. The van der Waals surface area contributed by atoms with Crippen molar-refractivity contribution in [3.05, 3.63) is 94.6 Å². The first kappa shape index (κ1) is 18.3. The van der Waals surface area contributed by atoms with E-state index >= 15 is 0 Å². The minimum absolute atomic E-state index is 0.556. The molecule has 0 fully saturated rings. The normalized spacial score (nSPS) is 10.8. The first-order valence-corrected chi connectivity index (χ1v) is 9.57. The molecule has 0 aliphatic carbocycles. The van der Waals surface area contributed by atoms with Crippen molar-refractivity contribution in [3.8, 4) is 28.4 Å². The lowest BCUT2D eigenvalue weighted by Crippen LogP contribution is -1.95. The first-order valence-electron chi connectivity index (χ1n) is 9.20. The van der Waals surface area contributed by atoms with Gasteiger partial charge in [-0.1, -0.05) is 53.6 Å². The zero-order valence-electron chi connectivity index (χ0n) is 15.9. The van der Waals surface area contributed by atoms with Gasteiger partial charge in [0.1, 0.15) is 18.2 Å². The van der Waals surface area contributed by atoms with Crippen molar-refractivity contribution in [3.63, 3.8) is 0 Å². The van der Waals surface area contributed by atoms with E-state index in [1.54, 1.807) is 0 Å². The van der Waals surface area contributed by atoms with Gasteiger partial charge >= 0.3 is 0 Å². The van der Waals surface area contributed by atoms with E-state index in [1.807, 2.05) is 55.5 Å². The average molecular weight is 389 g/mol. The number of ether oxygens (including phenoxy) is 1. The van der Waals surface area contributed by atoms with Gasteiger partial charge < -0.3 is 9.72 Å². The number of aromatic amines is 1. The maximum Gasteiger partial charge on any atom is 0.138 e. The van der Waals surface area contributed by atoms with Gasteiger partial charge in [-0.15, -0.1) is 0 Å². The monoisotopic (exact) mass is 388 g/mol. The molecule has 0 saturated carbocycles. The molecule has 3 nitrogen and oxygen atoms in total. The molecule has 0 amide bonds. The van der Waals surface area contributed by atoms with Crippen LogP contribution in [0.3, 0.4) is 0 Å². The smallest absolute Gasteiger partial charge is 0.138 e. The predicted molar refractivity (Wildman–Crippen MR) is 115 cm³/mol. The second-order valence-corrected chi connectivity index (χ2v) is 7.30. The van der Waals surface area contributed by atoms with Crippen LogP contribution in [0.2, 0.25) is 5.02 Å². The summed E-state index contributed by atoms with van der Waals surface area (Å²) in [5.74, 6) is 1.68. The van der Waals surface area contributed by atoms with E-state index in [-0.39, 0.29) is 0 Å². The van der Waals surface area contributed by atoms with Gasteiger partial charge in [0.15, 0.2) is 0 Å². The molecular weight excluding hydrogens is 368 g/mol. The highest BCUT2D eigenvalue weighted by Crippen LogP contribution is 2.27. The van der Waals surface area contributed by atoms with Crippen LogP contribution in [0.25, 0.3) is 22.6 Å². The highest BCUT2D eigenvalue weighted by atomic mass is 35.5. The van der Waals surface area contributed by atoms with Crippen LogP contribution >= 0.6 is 11.6 Å². The van der Waals surface area contributed by atoms with Crippen LogP contribution in [0.1, 0.15) is 16.8 Å². The quantitative estimate of drug-likeness (QED) is 0.418. The molecule has 28 heavy (non-hydrogen) atoms. The van der Waals surface area contributed by atoms with Crippen LogP contribution in [0.15, 0.2) is 72.8 Å². The van der Waals surface area contributed by atoms with E-state index in [9.17, 15) is 0 Å². The van der Waals surface area contributed by atoms with Gasteiger partial charge in [-0.05, 0) is 55.8 Å². The highest BCUT2D eigenvalue weighted by Gasteiger charge is 2.10. The van der Waals surface area contributed by atoms with Crippen molar-refractivity contribution >= 4 is 11.6 Å². The standard InChI is InChI=1S/C24H21ClN2O/c1-16-3-5-18(6-4-16)15-28-22-13-9-20(10-14-22)24-26-17(2)23(27-24)19-7-11-21(25)12-8-19/h3-14H,15H2,1-2H3,(H,26,27). The number of imidazole rings is 1. The summed E-state index contributed by atoms with van der Waals surface area (Å²) in [4.78, 5) is 8.14. The topological polar surface area (TPSA) is 37.9 Å². The Bertz CT molecular complexity index is 1070. The number of halogens is 1. The predicted octanol–water partition coefficient (Wildman–Crippen LogP) is 6.59. The fourth-order valence-corrected chi connectivity index (χ4v) is 3.17. The molecule has 4 aromatic rings. The Morgan fingerprint density at radius 3 is 2.14 bits per heavy atom. The number of hydrogen-bond acceptors (Lipinski definition) is 2. The van der Waals surface area contributed by atoms with Crippen LogP contribution in [0.5, 0.6) is 5.75 Å². The number of hydrogen-bond donors (Lipinski definition) is 1. The number of nitrogens with zero attached hydrogens (tertiary/aromatic N) is 1. The van der Waals surface area contributed by atoms with Crippen molar-refractivity contribution in [1.29, 1.82) is 0 Å². The van der Waals surface area contributed by atoms with E-state index in [4.69, 9.17) is 21.3 Å². The number of aryl methyl sites for hydroxylation is 2. The zero-order chi connectivity index (χ0) is 19.5. The summed E-state index contributed by atoms with van der Waals surface area (Å²) in [5.41, 5.74) is 6.43. The largest absolute Gasteiger partial charge is 0.489 e. The first-order chi connectivity index (χ1) is 13.6. The summed E-state index contributed by atoms with van der Waals surface area (Å²) < 4.78 is 5.89. The number of aromatic nitrogens is 2. The molecule has 4 rings (SSSR count). The highest BCUT2D eigenvalue weighted by molar-refractivity contribution is 6.30. The van der Waals surface area contributed by atoms with Gasteiger partial charge in [-0.25, -0.2) is 4.98 Å².